The number of anilines is 1. The third kappa shape index (κ3) is 3.14. The van der Waals surface area contributed by atoms with Crippen LogP contribution in [0.25, 0.3) is 0 Å². The Morgan fingerprint density at radius 1 is 1.18 bits per heavy atom. The van der Waals surface area contributed by atoms with Crippen LogP contribution in [0.1, 0.15) is 24.1 Å². The third-order valence-corrected chi connectivity index (χ3v) is 3.70. The molecule has 112 valence electrons. The largest absolute Gasteiger partial charge is 0.474 e. The Kier molecular flexibility index (Phi) is 4.15. The smallest absolute Gasteiger partial charge is 0.213 e. The van der Waals surface area contributed by atoms with Gasteiger partial charge in [-0.2, -0.15) is 5.26 Å². The molecule has 1 aliphatic rings. The van der Waals surface area contributed by atoms with Crippen LogP contribution in [0.15, 0.2) is 30.7 Å². The summed E-state index contributed by atoms with van der Waals surface area (Å²) < 4.78 is 5.91. The zero-order valence-corrected chi connectivity index (χ0v) is 12.4. The molecule has 6 nitrogen and oxygen atoms in total. The molecular weight excluding hydrogens is 278 g/mol. The number of hydrogen-bond donors (Lipinski definition) is 0. The third-order valence-electron chi connectivity index (χ3n) is 3.70. The highest BCUT2D eigenvalue weighted by Gasteiger charge is 2.23. The van der Waals surface area contributed by atoms with Crippen molar-refractivity contribution in [2.45, 2.75) is 25.9 Å². The van der Waals surface area contributed by atoms with Gasteiger partial charge in [-0.15, -0.1) is 0 Å². The average Bonchev–Trinajstić information content (AvgIpc) is 2.58. The van der Waals surface area contributed by atoms with Crippen molar-refractivity contribution in [3.8, 4) is 11.9 Å². The molecule has 0 atom stereocenters. The number of piperidine rings is 1. The molecule has 22 heavy (non-hydrogen) atoms. The molecule has 0 spiro atoms. The van der Waals surface area contributed by atoms with Crippen LogP contribution in [0.5, 0.6) is 5.88 Å². The Bertz CT molecular complexity index is 672. The maximum atomic E-state index is 9.11. The first-order valence-corrected chi connectivity index (χ1v) is 7.31. The van der Waals surface area contributed by atoms with E-state index >= 15 is 0 Å². The summed E-state index contributed by atoms with van der Waals surface area (Å²) in [6.07, 6.45) is 6.86. The highest BCUT2D eigenvalue weighted by atomic mass is 16.5. The Balaban J connectivity index is 1.61. The lowest BCUT2D eigenvalue weighted by Gasteiger charge is -2.32. The van der Waals surface area contributed by atoms with Crippen LogP contribution < -0.4 is 9.64 Å². The van der Waals surface area contributed by atoms with Crippen molar-refractivity contribution in [3.05, 3.63) is 42.0 Å². The maximum Gasteiger partial charge on any atom is 0.213 e. The van der Waals surface area contributed by atoms with E-state index in [2.05, 4.69) is 25.9 Å². The zero-order chi connectivity index (χ0) is 15.4. The Morgan fingerprint density at radius 3 is 2.64 bits per heavy atom. The Hall–Kier alpha value is -2.68. The summed E-state index contributed by atoms with van der Waals surface area (Å²) >= 11 is 0. The first kappa shape index (κ1) is 14.3. The van der Waals surface area contributed by atoms with Gasteiger partial charge in [-0.05, 0) is 12.5 Å². The highest BCUT2D eigenvalue weighted by molar-refractivity contribution is 5.49. The molecule has 1 saturated heterocycles. The van der Waals surface area contributed by atoms with Crippen LogP contribution >= 0.6 is 0 Å². The molecule has 3 heterocycles. The summed E-state index contributed by atoms with van der Waals surface area (Å²) in [6, 6.07) is 5.99. The predicted molar refractivity (Wildman–Crippen MR) is 81.6 cm³/mol. The van der Waals surface area contributed by atoms with Gasteiger partial charge in [0.15, 0.2) is 11.5 Å². The van der Waals surface area contributed by atoms with Crippen LogP contribution in [0, 0.1) is 18.3 Å². The first-order chi connectivity index (χ1) is 10.8. The van der Waals surface area contributed by atoms with Gasteiger partial charge in [-0.25, -0.2) is 15.0 Å². The molecule has 0 bridgehead atoms. The molecule has 0 amide bonds. The molecular formula is C16H17N5O. The molecule has 6 heteroatoms. The average molecular weight is 295 g/mol. The van der Waals surface area contributed by atoms with E-state index in [1.807, 2.05) is 25.3 Å². The van der Waals surface area contributed by atoms with E-state index in [-0.39, 0.29) is 6.10 Å². The van der Waals surface area contributed by atoms with Crippen molar-refractivity contribution in [2.75, 3.05) is 18.0 Å². The molecule has 0 aliphatic carbocycles. The van der Waals surface area contributed by atoms with Gasteiger partial charge in [0.1, 0.15) is 12.2 Å². The molecule has 0 N–H and O–H groups in total. The SMILES string of the molecule is Cc1ccc(OC2CCN(c3nccnc3C#N)CC2)nc1. The van der Waals surface area contributed by atoms with E-state index in [1.165, 1.54) is 0 Å². The number of nitrogens with zero attached hydrogens (tertiary/aromatic N) is 5. The standard InChI is InChI=1S/C16H17N5O/c1-12-2-3-15(20-11-12)22-13-4-8-21(9-5-13)16-14(10-17)18-6-7-19-16/h2-3,6-7,11,13H,4-5,8-9H2,1H3. The summed E-state index contributed by atoms with van der Waals surface area (Å²) in [5, 5.41) is 9.11. The van der Waals surface area contributed by atoms with Crippen LogP contribution in [0.2, 0.25) is 0 Å². The summed E-state index contributed by atoms with van der Waals surface area (Å²) in [5.74, 6) is 1.33. The van der Waals surface area contributed by atoms with Crippen molar-refractivity contribution in [2.24, 2.45) is 0 Å². The minimum absolute atomic E-state index is 0.147. The van der Waals surface area contributed by atoms with E-state index in [0.29, 0.717) is 17.4 Å². The maximum absolute atomic E-state index is 9.11. The van der Waals surface area contributed by atoms with Gasteiger partial charge in [-0.1, -0.05) is 6.07 Å². The summed E-state index contributed by atoms with van der Waals surface area (Å²) in [6.45, 7) is 3.59. The first-order valence-electron chi connectivity index (χ1n) is 7.31. The van der Waals surface area contributed by atoms with Gasteiger partial charge < -0.3 is 9.64 Å². The van der Waals surface area contributed by atoms with Crippen LogP contribution in [0.4, 0.5) is 5.82 Å². The molecule has 2 aromatic heterocycles. The van der Waals surface area contributed by atoms with Gasteiger partial charge in [-0.3, -0.25) is 0 Å². The zero-order valence-electron chi connectivity index (χ0n) is 12.4. The normalized spacial score (nSPS) is 15.4. The number of hydrogen-bond acceptors (Lipinski definition) is 6. The fourth-order valence-electron chi connectivity index (χ4n) is 2.52. The lowest BCUT2D eigenvalue weighted by atomic mass is 10.1. The second-order valence-electron chi connectivity index (χ2n) is 5.32. The number of pyridine rings is 1. The molecule has 3 rings (SSSR count). The minimum atomic E-state index is 0.147. The van der Waals surface area contributed by atoms with Crippen LogP contribution in [0.3, 0.4) is 0 Å². The second kappa shape index (κ2) is 6.39. The van der Waals surface area contributed by atoms with Crippen molar-refractivity contribution >= 4 is 5.82 Å². The summed E-state index contributed by atoms with van der Waals surface area (Å²) in [7, 11) is 0. The molecule has 1 aliphatic heterocycles. The van der Waals surface area contributed by atoms with Gasteiger partial charge in [0.2, 0.25) is 5.88 Å². The van der Waals surface area contributed by atoms with E-state index < -0.39 is 0 Å². The molecule has 0 saturated carbocycles. The predicted octanol–water partition coefficient (Wildman–Crippen LogP) is 2.10. The van der Waals surface area contributed by atoms with E-state index in [1.54, 1.807) is 12.4 Å². The summed E-state index contributed by atoms with van der Waals surface area (Å²) in [4.78, 5) is 14.7. The van der Waals surface area contributed by atoms with Gasteiger partial charge >= 0.3 is 0 Å². The van der Waals surface area contributed by atoms with Crippen LogP contribution in [-0.2, 0) is 0 Å². The highest BCUT2D eigenvalue weighted by Crippen LogP contribution is 2.22. The number of aryl methyl sites for hydroxylation is 1. The fraction of sp³-hybridized carbons (Fsp3) is 0.375. The number of nitriles is 1. The lowest BCUT2D eigenvalue weighted by Crippen LogP contribution is -2.39. The molecule has 1 fully saturated rings. The topological polar surface area (TPSA) is 74.9 Å². The number of aromatic nitrogens is 3. The Labute approximate surface area is 129 Å². The van der Waals surface area contributed by atoms with E-state index in [9.17, 15) is 0 Å². The fourth-order valence-corrected chi connectivity index (χ4v) is 2.52. The minimum Gasteiger partial charge on any atom is -0.474 e. The van der Waals surface area contributed by atoms with Crippen molar-refractivity contribution in [1.82, 2.24) is 15.0 Å². The monoisotopic (exact) mass is 295 g/mol. The summed E-state index contributed by atoms with van der Waals surface area (Å²) in [5.41, 5.74) is 1.50. The number of rotatable bonds is 3. The number of ether oxygens (including phenoxy) is 1. The van der Waals surface area contributed by atoms with Crippen molar-refractivity contribution in [3.63, 3.8) is 0 Å². The van der Waals surface area contributed by atoms with Gasteiger partial charge in [0, 0.05) is 50.6 Å². The molecule has 0 aromatic carbocycles. The van der Waals surface area contributed by atoms with Crippen molar-refractivity contribution in [1.29, 1.82) is 5.26 Å². The quantitative estimate of drug-likeness (QED) is 0.863. The molecule has 0 radical (unpaired) electrons. The van der Waals surface area contributed by atoms with Crippen molar-refractivity contribution < 1.29 is 4.74 Å². The van der Waals surface area contributed by atoms with Gasteiger partial charge in [0.25, 0.3) is 0 Å². The second-order valence-corrected chi connectivity index (χ2v) is 5.32. The van der Waals surface area contributed by atoms with Gasteiger partial charge in [0.05, 0.1) is 0 Å². The van der Waals surface area contributed by atoms with Crippen LogP contribution in [-0.4, -0.2) is 34.1 Å². The molecule has 0 unspecified atom stereocenters. The Morgan fingerprint density at radius 2 is 1.95 bits per heavy atom. The van der Waals surface area contributed by atoms with E-state index in [4.69, 9.17) is 10.00 Å². The van der Waals surface area contributed by atoms with E-state index in [0.717, 1.165) is 31.5 Å². The lowest BCUT2D eigenvalue weighted by molar-refractivity contribution is 0.163. The molecule has 2 aromatic rings.